The smallest absolute Gasteiger partial charge is 0.339 e. The van der Waals surface area contributed by atoms with E-state index in [0.717, 1.165) is 18.2 Å². The normalized spacial score (nSPS) is 19.1. The van der Waals surface area contributed by atoms with Crippen LogP contribution < -0.4 is 0 Å². The second-order valence-corrected chi connectivity index (χ2v) is 5.32. The number of ether oxygens (including phenoxy) is 2. The molecule has 0 spiro atoms. The third-order valence-electron chi connectivity index (χ3n) is 3.64. The number of esters is 2. The molecule has 0 fully saturated rings. The zero-order valence-electron chi connectivity index (χ0n) is 13.1. The quantitative estimate of drug-likeness (QED) is 0.341. The molecule has 0 heterocycles. The number of rotatable bonds is 5. The molecule has 2 atom stereocenters. The highest BCUT2D eigenvalue weighted by molar-refractivity contribution is 5.91. The standard InChI is InChI=1S/C15H14N2O8/c1-24-14(18)9-3-2-4-13(7-9)25-15(19)10-5-11(16(20)21)8-12(6-10)17(22)23/h2,4-6,8-9,13H,3,7H2,1H3/t9-,13+/m0/s1. The minimum Gasteiger partial charge on any atom is -0.469 e. The molecule has 1 aliphatic carbocycles. The molecular formula is C15H14N2O8. The van der Waals surface area contributed by atoms with Crippen molar-refractivity contribution in [1.29, 1.82) is 0 Å². The van der Waals surface area contributed by atoms with Crippen molar-refractivity contribution in [1.82, 2.24) is 0 Å². The molecule has 132 valence electrons. The summed E-state index contributed by atoms with van der Waals surface area (Å²) in [5.74, 6) is -1.85. The van der Waals surface area contributed by atoms with Crippen molar-refractivity contribution in [3.05, 3.63) is 56.1 Å². The fourth-order valence-electron chi connectivity index (χ4n) is 2.43. The lowest BCUT2D eigenvalue weighted by molar-refractivity contribution is -0.394. The van der Waals surface area contributed by atoms with Crippen molar-refractivity contribution in [3.63, 3.8) is 0 Å². The van der Waals surface area contributed by atoms with E-state index >= 15 is 0 Å². The second-order valence-electron chi connectivity index (χ2n) is 5.32. The summed E-state index contributed by atoms with van der Waals surface area (Å²) in [6, 6.07) is 2.56. The van der Waals surface area contributed by atoms with Crippen LogP contribution in [0, 0.1) is 26.1 Å². The van der Waals surface area contributed by atoms with Crippen LogP contribution in [0.4, 0.5) is 11.4 Å². The van der Waals surface area contributed by atoms with Gasteiger partial charge in [-0.15, -0.1) is 0 Å². The van der Waals surface area contributed by atoms with Crippen molar-refractivity contribution >= 4 is 23.3 Å². The van der Waals surface area contributed by atoms with E-state index in [4.69, 9.17) is 4.74 Å². The molecule has 10 nitrogen and oxygen atoms in total. The summed E-state index contributed by atoms with van der Waals surface area (Å²) in [6.07, 6.45) is 3.17. The number of benzene rings is 1. The maximum atomic E-state index is 12.2. The molecule has 0 aromatic heterocycles. The number of non-ortho nitro benzene ring substituents is 2. The number of carbonyl (C=O) groups excluding carboxylic acids is 2. The molecule has 0 unspecified atom stereocenters. The highest BCUT2D eigenvalue weighted by atomic mass is 16.6. The van der Waals surface area contributed by atoms with Crippen LogP contribution in [0.15, 0.2) is 30.4 Å². The van der Waals surface area contributed by atoms with E-state index in [1.54, 1.807) is 12.2 Å². The van der Waals surface area contributed by atoms with Crippen LogP contribution in [0.1, 0.15) is 23.2 Å². The Bertz CT molecular complexity index is 726. The maximum absolute atomic E-state index is 12.2. The van der Waals surface area contributed by atoms with Gasteiger partial charge in [0.25, 0.3) is 11.4 Å². The fourth-order valence-corrected chi connectivity index (χ4v) is 2.43. The van der Waals surface area contributed by atoms with Gasteiger partial charge < -0.3 is 9.47 Å². The topological polar surface area (TPSA) is 139 Å². The van der Waals surface area contributed by atoms with Crippen LogP contribution in [0.2, 0.25) is 0 Å². The Balaban J connectivity index is 2.19. The molecule has 0 N–H and O–H groups in total. The van der Waals surface area contributed by atoms with E-state index in [1.807, 2.05) is 0 Å². The first-order chi connectivity index (χ1) is 11.8. The molecule has 0 saturated heterocycles. The summed E-state index contributed by atoms with van der Waals surface area (Å²) in [5, 5.41) is 21.7. The highest BCUT2D eigenvalue weighted by Gasteiger charge is 2.28. The molecule has 0 bridgehead atoms. The van der Waals surface area contributed by atoms with Crippen molar-refractivity contribution in [2.75, 3.05) is 7.11 Å². The van der Waals surface area contributed by atoms with Crippen molar-refractivity contribution in [2.24, 2.45) is 5.92 Å². The van der Waals surface area contributed by atoms with Gasteiger partial charge in [0.1, 0.15) is 6.10 Å². The zero-order chi connectivity index (χ0) is 18.6. The molecule has 10 heteroatoms. The summed E-state index contributed by atoms with van der Waals surface area (Å²) in [5.41, 5.74) is -1.49. The number of allylic oxidation sites excluding steroid dienone is 1. The van der Waals surface area contributed by atoms with E-state index in [-0.39, 0.29) is 12.0 Å². The predicted molar refractivity (Wildman–Crippen MR) is 82.8 cm³/mol. The largest absolute Gasteiger partial charge is 0.469 e. The third kappa shape index (κ3) is 4.37. The number of hydrogen-bond donors (Lipinski definition) is 0. The second kappa shape index (κ2) is 7.51. The van der Waals surface area contributed by atoms with Gasteiger partial charge in [-0.1, -0.05) is 6.08 Å². The van der Waals surface area contributed by atoms with E-state index < -0.39 is 45.2 Å². The van der Waals surface area contributed by atoms with Crippen LogP contribution in [0.5, 0.6) is 0 Å². The molecule has 0 saturated carbocycles. The Labute approximate surface area is 141 Å². The fraction of sp³-hybridized carbons (Fsp3) is 0.333. The average Bonchev–Trinajstić information content (AvgIpc) is 2.60. The summed E-state index contributed by atoms with van der Waals surface area (Å²) >= 11 is 0. The monoisotopic (exact) mass is 350 g/mol. The molecule has 0 amide bonds. The summed E-state index contributed by atoms with van der Waals surface area (Å²) in [6.45, 7) is 0. The van der Waals surface area contributed by atoms with Crippen molar-refractivity contribution < 1.29 is 28.9 Å². The minimum atomic E-state index is -0.952. The van der Waals surface area contributed by atoms with Gasteiger partial charge in [-0.2, -0.15) is 0 Å². The van der Waals surface area contributed by atoms with Gasteiger partial charge in [0.15, 0.2) is 0 Å². The van der Waals surface area contributed by atoms with Gasteiger partial charge in [0, 0.05) is 18.6 Å². The number of nitro benzene ring substituents is 2. The SMILES string of the molecule is COC(=O)[C@H]1CC=C[C@@H](OC(=O)c2cc([N+](=O)[O-])cc([N+](=O)[O-])c2)C1. The minimum absolute atomic E-state index is 0.200. The number of hydrogen-bond acceptors (Lipinski definition) is 8. The van der Waals surface area contributed by atoms with E-state index in [1.165, 1.54) is 7.11 Å². The first-order valence-electron chi connectivity index (χ1n) is 7.21. The number of carbonyl (C=O) groups is 2. The van der Waals surface area contributed by atoms with Gasteiger partial charge in [-0.05, 0) is 12.5 Å². The summed E-state index contributed by atoms with van der Waals surface area (Å²) in [4.78, 5) is 43.8. The van der Waals surface area contributed by atoms with Gasteiger partial charge >= 0.3 is 11.9 Å². The van der Waals surface area contributed by atoms with Crippen LogP contribution in [0.3, 0.4) is 0 Å². The molecule has 1 aromatic rings. The number of methoxy groups -OCH3 is 1. The Morgan fingerprint density at radius 3 is 2.24 bits per heavy atom. The average molecular weight is 350 g/mol. The molecule has 0 radical (unpaired) electrons. The number of nitrogens with zero attached hydrogens (tertiary/aromatic N) is 2. The Morgan fingerprint density at radius 2 is 1.72 bits per heavy atom. The lowest BCUT2D eigenvalue weighted by Crippen LogP contribution is -2.27. The first kappa shape index (κ1) is 18.0. The van der Waals surface area contributed by atoms with E-state index in [9.17, 15) is 29.8 Å². The summed E-state index contributed by atoms with van der Waals surface area (Å²) < 4.78 is 9.84. The van der Waals surface area contributed by atoms with Crippen LogP contribution in [0.25, 0.3) is 0 Å². The molecule has 0 aliphatic heterocycles. The maximum Gasteiger partial charge on any atom is 0.339 e. The third-order valence-corrected chi connectivity index (χ3v) is 3.64. The predicted octanol–water partition coefficient (Wildman–Crippen LogP) is 2.17. The van der Waals surface area contributed by atoms with Crippen LogP contribution in [-0.2, 0) is 14.3 Å². The van der Waals surface area contributed by atoms with Gasteiger partial charge in [-0.25, -0.2) is 4.79 Å². The van der Waals surface area contributed by atoms with Crippen molar-refractivity contribution in [2.45, 2.75) is 18.9 Å². The van der Waals surface area contributed by atoms with Crippen LogP contribution in [-0.4, -0.2) is 35.0 Å². The highest BCUT2D eigenvalue weighted by Crippen LogP contribution is 2.26. The van der Waals surface area contributed by atoms with Crippen molar-refractivity contribution in [3.8, 4) is 0 Å². The number of nitro groups is 2. The Hall–Kier alpha value is -3.30. The van der Waals surface area contributed by atoms with Crippen LogP contribution >= 0.6 is 0 Å². The molecule has 25 heavy (non-hydrogen) atoms. The molecule has 1 aromatic carbocycles. The molecular weight excluding hydrogens is 336 g/mol. The Kier molecular flexibility index (Phi) is 5.42. The molecule has 2 rings (SSSR count). The Morgan fingerprint density at radius 1 is 1.12 bits per heavy atom. The van der Waals surface area contributed by atoms with E-state index in [0.29, 0.717) is 6.42 Å². The lowest BCUT2D eigenvalue weighted by Gasteiger charge is -2.22. The van der Waals surface area contributed by atoms with Gasteiger partial charge in [0.2, 0.25) is 0 Å². The summed E-state index contributed by atoms with van der Waals surface area (Å²) in [7, 11) is 1.25. The van der Waals surface area contributed by atoms with Gasteiger partial charge in [0.05, 0.1) is 34.5 Å². The lowest BCUT2D eigenvalue weighted by atomic mass is 9.92. The molecule has 1 aliphatic rings. The first-order valence-corrected chi connectivity index (χ1v) is 7.21. The van der Waals surface area contributed by atoms with E-state index in [2.05, 4.69) is 4.74 Å². The zero-order valence-corrected chi connectivity index (χ0v) is 13.1. The van der Waals surface area contributed by atoms with Gasteiger partial charge in [-0.3, -0.25) is 25.0 Å².